The van der Waals surface area contributed by atoms with Gasteiger partial charge in [0.15, 0.2) is 5.69 Å². The van der Waals surface area contributed by atoms with E-state index in [9.17, 15) is 9.18 Å². The summed E-state index contributed by atoms with van der Waals surface area (Å²) in [6, 6.07) is 6.09. The summed E-state index contributed by atoms with van der Waals surface area (Å²) in [7, 11) is 0. The zero-order valence-corrected chi connectivity index (χ0v) is 15.0. The van der Waals surface area contributed by atoms with E-state index in [-0.39, 0.29) is 18.3 Å². The van der Waals surface area contributed by atoms with Crippen molar-refractivity contribution in [2.75, 3.05) is 6.61 Å². The molecule has 0 aliphatic heterocycles. The Balaban J connectivity index is 1.61. The van der Waals surface area contributed by atoms with E-state index in [1.807, 2.05) is 0 Å². The fourth-order valence-electron chi connectivity index (χ4n) is 3.25. The minimum atomic E-state index is -0.771. The third-order valence-electron chi connectivity index (χ3n) is 4.82. The van der Waals surface area contributed by atoms with Crippen LogP contribution in [0, 0.1) is 11.7 Å². The summed E-state index contributed by atoms with van der Waals surface area (Å²) in [6.07, 6.45) is 4.31. The van der Waals surface area contributed by atoms with Crippen molar-refractivity contribution in [2.45, 2.75) is 36.4 Å². The number of nitrogens with zero attached hydrogens (tertiary/aromatic N) is 2. The Morgan fingerprint density at radius 1 is 1.28 bits per heavy atom. The van der Waals surface area contributed by atoms with Crippen LogP contribution in [0.25, 0.3) is 5.69 Å². The van der Waals surface area contributed by atoms with Crippen molar-refractivity contribution < 1.29 is 13.9 Å². The maximum atomic E-state index is 13.2. The van der Waals surface area contributed by atoms with E-state index in [0.717, 1.165) is 42.6 Å². The molecule has 4 rings (SSSR count). The molecular weight excluding hydrogens is 366 g/mol. The number of carbonyl (C=O) groups excluding carboxylic acids is 1. The number of halogens is 3. The van der Waals surface area contributed by atoms with E-state index in [0.29, 0.717) is 12.1 Å². The van der Waals surface area contributed by atoms with E-state index in [4.69, 9.17) is 27.9 Å². The lowest BCUT2D eigenvalue weighted by atomic mass is 9.95. The van der Waals surface area contributed by atoms with E-state index < -0.39 is 10.3 Å². The fourth-order valence-corrected chi connectivity index (χ4v) is 3.75. The Morgan fingerprint density at radius 2 is 1.96 bits per heavy atom. The van der Waals surface area contributed by atoms with Crippen molar-refractivity contribution in [3.63, 3.8) is 0 Å². The van der Waals surface area contributed by atoms with Crippen LogP contribution in [-0.2, 0) is 17.6 Å². The Labute approximate surface area is 154 Å². The Morgan fingerprint density at radius 3 is 2.64 bits per heavy atom. The van der Waals surface area contributed by atoms with Crippen LogP contribution in [0.4, 0.5) is 4.39 Å². The molecule has 0 unspecified atom stereocenters. The van der Waals surface area contributed by atoms with Gasteiger partial charge in [-0.2, -0.15) is 5.10 Å². The average molecular weight is 383 g/mol. The minimum absolute atomic E-state index is 0.0187. The molecule has 4 nitrogen and oxygen atoms in total. The average Bonchev–Trinajstić information content (AvgIpc) is 3.03. The van der Waals surface area contributed by atoms with Gasteiger partial charge >= 0.3 is 5.97 Å². The monoisotopic (exact) mass is 382 g/mol. The number of aromatic nitrogens is 2. The van der Waals surface area contributed by atoms with E-state index >= 15 is 0 Å². The summed E-state index contributed by atoms with van der Waals surface area (Å²) in [6.45, 7) is 0.198. The van der Waals surface area contributed by atoms with Crippen molar-refractivity contribution in [2.24, 2.45) is 5.92 Å². The quantitative estimate of drug-likeness (QED) is 0.586. The van der Waals surface area contributed by atoms with Crippen LogP contribution in [0.15, 0.2) is 24.3 Å². The van der Waals surface area contributed by atoms with Crippen molar-refractivity contribution in [1.82, 2.24) is 9.78 Å². The zero-order valence-electron chi connectivity index (χ0n) is 13.5. The van der Waals surface area contributed by atoms with Crippen LogP contribution in [0.1, 0.15) is 41.0 Å². The molecule has 1 saturated carbocycles. The van der Waals surface area contributed by atoms with Gasteiger partial charge < -0.3 is 4.74 Å². The first-order valence-corrected chi connectivity index (χ1v) is 9.13. The van der Waals surface area contributed by atoms with Gasteiger partial charge in [0.25, 0.3) is 0 Å². The summed E-state index contributed by atoms with van der Waals surface area (Å²) >= 11 is 11.9. The Bertz CT molecular complexity index is 817. The standard InChI is InChI=1S/C18H17Cl2FN2O2/c19-18(20)9-11(18)10-25-17(24)16-14-3-1-2-4-15(14)23(22-16)13-7-5-12(21)6-8-13/h5-8,11H,1-4,9-10H2/t11-/m0/s1. The molecule has 7 heteroatoms. The summed E-state index contributed by atoms with van der Waals surface area (Å²) in [5, 5.41) is 4.48. The second-order valence-electron chi connectivity index (χ2n) is 6.63. The molecule has 1 aromatic carbocycles. The molecule has 2 aromatic rings. The number of ether oxygens (including phenoxy) is 1. The highest BCUT2D eigenvalue weighted by molar-refractivity contribution is 6.50. The van der Waals surface area contributed by atoms with Crippen LogP contribution >= 0.6 is 23.2 Å². The number of fused-ring (bicyclic) bond motifs is 1. The van der Waals surface area contributed by atoms with Gasteiger partial charge in [-0.05, 0) is 56.4 Å². The fraction of sp³-hybridized carbons (Fsp3) is 0.444. The molecule has 25 heavy (non-hydrogen) atoms. The molecule has 1 atom stereocenters. The highest BCUT2D eigenvalue weighted by Gasteiger charge is 2.52. The van der Waals surface area contributed by atoms with Crippen molar-refractivity contribution in [1.29, 1.82) is 0 Å². The van der Waals surface area contributed by atoms with Crippen LogP contribution in [0.5, 0.6) is 0 Å². The summed E-state index contributed by atoms with van der Waals surface area (Å²) in [4.78, 5) is 12.5. The highest BCUT2D eigenvalue weighted by atomic mass is 35.5. The molecular formula is C18H17Cl2FN2O2. The van der Waals surface area contributed by atoms with Crippen molar-refractivity contribution in [3.8, 4) is 5.69 Å². The summed E-state index contributed by atoms with van der Waals surface area (Å²) < 4.78 is 19.5. The maximum Gasteiger partial charge on any atom is 0.359 e. The van der Waals surface area contributed by atoms with Gasteiger partial charge in [-0.1, -0.05) is 0 Å². The number of carbonyl (C=O) groups is 1. The Kier molecular flexibility index (Phi) is 4.24. The topological polar surface area (TPSA) is 44.1 Å². The first-order chi connectivity index (χ1) is 12.0. The van der Waals surface area contributed by atoms with E-state index in [1.165, 1.54) is 12.1 Å². The molecule has 0 radical (unpaired) electrons. The van der Waals surface area contributed by atoms with E-state index in [1.54, 1.807) is 16.8 Å². The normalized spacial score (nSPS) is 20.8. The molecule has 0 amide bonds. The lowest BCUT2D eigenvalue weighted by molar-refractivity contribution is 0.0476. The molecule has 0 saturated heterocycles. The first kappa shape index (κ1) is 16.9. The second-order valence-corrected chi connectivity index (χ2v) is 8.17. The van der Waals surface area contributed by atoms with Crippen LogP contribution in [-0.4, -0.2) is 26.7 Å². The van der Waals surface area contributed by atoms with Gasteiger partial charge in [0.1, 0.15) is 10.2 Å². The summed E-state index contributed by atoms with van der Waals surface area (Å²) in [5.41, 5.74) is 3.01. The molecule has 2 aliphatic rings. The number of rotatable bonds is 4. The third-order valence-corrected chi connectivity index (χ3v) is 5.74. The van der Waals surface area contributed by atoms with Gasteiger partial charge in [0.05, 0.1) is 12.3 Å². The first-order valence-electron chi connectivity index (χ1n) is 8.37. The van der Waals surface area contributed by atoms with Crippen LogP contribution in [0.3, 0.4) is 0 Å². The molecule has 1 aromatic heterocycles. The molecule has 1 heterocycles. The van der Waals surface area contributed by atoms with E-state index in [2.05, 4.69) is 5.10 Å². The molecule has 0 N–H and O–H groups in total. The smallest absolute Gasteiger partial charge is 0.359 e. The number of hydrogen-bond donors (Lipinski definition) is 0. The molecule has 1 fully saturated rings. The predicted octanol–water partition coefficient (Wildman–Crippen LogP) is 4.24. The third kappa shape index (κ3) is 3.27. The lowest BCUT2D eigenvalue weighted by Crippen LogP contribution is -2.13. The maximum absolute atomic E-state index is 13.2. The minimum Gasteiger partial charge on any atom is -0.460 e. The Hall–Kier alpha value is -1.59. The van der Waals surface area contributed by atoms with Gasteiger partial charge in [-0.15, -0.1) is 23.2 Å². The number of hydrogen-bond acceptors (Lipinski definition) is 3. The largest absolute Gasteiger partial charge is 0.460 e. The summed E-state index contributed by atoms with van der Waals surface area (Å²) in [5.74, 6) is -0.774. The van der Waals surface area contributed by atoms with Gasteiger partial charge in [-0.3, -0.25) is 0 Å². The predicted molar refractivity (Wildman–Crippen MR) is 93.0 cm³/mol. The van der Waals surface area contributed by atoms with Gasteiger partial charge in [0.2, 0.25) is 0 Å². The van der Waals surface area contributed by atoms with Gasteiger partial charge in [0, 0.05) is 17.2 Å². The zero-order chi connectivity index (χ0) is 17.6. The lowest BCUT2D eigenvalue weighted by Gasteiger charge is -2.14. The van der Waals surface area contributed by atoms with Gasteiger partial charge in [-0.25, -0.2) is 13.9 Å². The second kappa shape index (κ2) is 6.29. The molecule has 132 valence electrons. The SMILES string of the molecule is O=C(OC[C@@H]1CC1(Cl)Cl)c1nn(-c2ccc(F)cc2)c2c1CCCC2. The number of benzene rings is 1. The highest BCUT2D eigenvalue weighted by Crippen LogP contribution is 2.53. The molecule has 0 spiro atoms. The number of alkyl halides is 2. The number of esters is 1. The van der Waals surface area contributed by atoms with Crippen molar-refractivity contribution >= 4 is 29.2 Å². The van der Waals surface area contributed by atoms with Crippen LogP contribution in [0.2, 0.25) is 0 Å². The molecule has 0 bridgehead atoms. The van der Waals surface area contributed by atoms with Crippen LogP contribution < -0.4 is 0 Å². The molecule has 2 aliphatic carbocycles. The van der Waals surface area contributed by atoms with Crippen molar-refractivity contribution in [3.05, 3.63) is 47.0 Å².